The smallest absolute Gasteiger partial charge is 0.150 e. The molecule has 4 aromatic rings. The number of aryl methyl sites for hydroxylation is 2. The molecule has 0 aliphatic rings. The van der Waals surface area contributed by atoms with E-state index < -0.39 is 0 Å². The van der Waals surface area contributed by atoms with Crippen LogP contribution >= 0.6 is 11.3 Å². The molecule has 208 valence electrons. The number of allylic oxidation sites excluding steroid dienone is 1. The minimum absolute atomic E-state index is 0.0688. The average molecular weight is 551 g/mol. The molecule has 0 spiro atoms. The summed E-state index contributed by atoms with van der Waals surface area (Å²) in [5.41, 5.74) is 10.7. The van der Waals surface area contributed by atoms with Crippen molar-refractivity contribution in [3.63, 3.8) is 0 Å². The monoisotopic (exact) mass is 550 g/mol. The molecule has 40 heavy (non-hydrogen) atoms. The molecule has 0 aliphatic carbocycles. The number of carbonyl (C=O) groups is 1. The van der Waals surface area contributed by atoms with E-state index >= 15 is 0 Å². The van der Waals surface area contributed by atoms with E-state index in [4.69, 9.17) is 0 Å². The molecule has 3 aromatic carbocycles. The maximum absolute atomic E-state index is 11.4. The van der Waals surface area contributed by atoms with Gasteiger partial charge in [-0.1, -0.05) is 48.5 Å². The predicted molar refractivity (Wildman–Crippen MR) is 175 cm³/mol. The summed E-state index contributed by atoms with van der Waals surface area (Å²) in [5.74, 6) is 0.0688. The van der Waals surface area contributed by atoms with Gasteiger partial charge in [0.1, 0.15) is 6.29 Å². The third-order valence-corrected chi connectivity index (χ3v) is 8.81. The average Bonchev–Trinajstić information content (AvgIpc) is 3.51. The Morgan fingerprint density at radius 1 is 0.750 bits per heavy atom. The fraction of sp³-hybridized carbons (Fsp3) is 0.306. The predicted octanol–water partition coefficient (Wildman–Crippen LogP) is 9.13. The molecule has 0 saturated heterocycles. The second-order valence-corrected chi connectivity index (χ2v) is 11.1. The Balaban J connectivity index is 1.93. The summed E-state index contributed by atoms with van der Waals surface area (Å²) in [6.45, 7) is 17.3. The minimum atomic E-state index is 0.0688. The second-order valence-electron chi connectivity index (χ2n) is 10.2. The summed E-state index contributed by atoms with van der Waals surface area (Å²) in [7, 11) is 0. The first-order valence-electron chi connectivity index (χ1n) is 14.5. The van der Waals surface area contributed by atoms with Gasteiger partial charge >= 0.3 is 0 Å². The Morgan fingerprint density at radius 2 is 1.27 bits per heavy atom. The van der Waals surface area contributed by atoms with Crippen LogP contribution in [0.4, 0.5) is 11.4 Å². The lowest BCUT2D eigenvalue weighted by Crippen LogP contribution is -2.22. The fourth-order valence-corrected chi connectivity index (χ4v) is 6.37. The number of hydrogen-bond acceptors (Lipinski definition) is 4. The summed E-state index contributed by atoms with van der Waals surface area (Å²) in [6.07, 6.45) is 3.34. The standard InChI is InChI=1S/C36H42N2OS/c1-7-37(8-2)30-17-19-32(26(5)22-30)35(33-20-18-31(23-27(33)6)38(9-3)10-4)24-34(36-12-11-21-40-36)29-15-13-28(25-39)14-16-29/h11-25,35H,7-10H2,1-6H3. The van der Waals surface area contributed by atoms with Crippen molar-refractivity contribution in [1.82, 2.24) is 0 Å². The molecule has 1 heterocycles. The normalized spacial score (nSPS) is 11.6. The Hall–Kier alpha value is -3.63. The summed E-state index contributed by atoms with van der Waals surface area (Å²) in [6, 6.07) is 26.1. The molecule has 0 N–H and O–H groups in total. The second kappa shape index (κ2) is 13.6. The van der Waals surface area contributed by atoms with Gasteiger partial charge in [0, 0.05) is 53.9 Å². The topological polar surface area (TPSA) is 23.6 Å². The van der Waals surface area contributed by atoms with Crippen molar-refractivity contribution in [3.05, 3.63) is 123 Å². The molecule has 0 radical (unpaired) electrons. The van der Waals surface area contributed by atoms with E-state index in [0.717, 1.165) is 38.0 Å². The van der Waals surface area contributed by atoms with Gasteiger partial charge in [0.05, 0.1) is 0 Å². The number of thiophene rings is 1. The van der Waals surface area contributed by atoms with Gasteiger partial charge in [-0.15, -0.1) is 11.3 Å². The highest BCUT2D eigenvalue weighted by Crippen LogP contribution is 2.38. The molecule has 3 nitrogen and oxygen atoms in total. The number of nitrogens with zero attached hydrogens (tertiary/aromatic N) is 2. The van der Waals surface area contributed by atoms with Crippen molar-refractivity contribution in [1.29, 1.82) is 0 Å². The lowest BCUT2D eigenvalue weighted by molar-refractivity contribution is 0.112. The van der Waals surface area contributed by atoms with Crippen LogP contribution in [0.25, 0.3) is 5.57 Å². The van der Waals surface area contributed by atoms with E-state index in [-0.39, 0.29) is 5.92 Å². The highest BCUT2D eigenvalue weighted by Gasteiger charge is 2.21. The summed E-state index contributed by atoms with van der Waals surface area (Å²) in [4.78, 5) is 17.4. The summed E-state index contributed by atoms with van der Waals surface area (Å²) in [5, 5.41) is 2.13. The number of aldehydes is 1. The number of benzene rings is 3. The third-order valence-electron chi connectivity index (χ3n) is 7.91. The van der Waals surface area contributed by atoms with Gasteiger partial charge in [-0.05, 0) is 111 Å². The first kappa shape index (κ1) is 29.4. The van der Waals surface area contributed by atoms with Crippen molar-refractivity contribution >= 4 is 34.6 Å². The number of rotatable bonds is 12. The zero-order valence-electron chi connectivity index (χ0n) is 24.8. The Morgan fingerprint density at radius 3 is 1.68 bits per heavy atom. The first-order chi connectivity index (χ1) is 19.4. The molecule has 0 amide bonds. The van der Waals surface area contributed by atoms with E-state index in [1.165, 1.54) is 44.1 Å². The molecule has 4 heteroatoms. The van der Waals surface area contributed by atoms with Crippen LogP contribution in [0.3, 0.4) is 0 Å². The molecule has 0 unspecified atom stereocenters. The van der Waals surface area contributed by atoms with Crippen LogP contribution in [-0.4, -0.2) is 32.5 Å². The first-order valence-corrected chi connectivity index (χ1v) is 15.3. The van der Waals surface area contributed by atoms with Gasteiger partial charge < -0.3 is 9.80 Å². The molecule has 0 atom stereocenters. The Bertz CT molecular complexity index is 1370. The van der Waals surface area contributed by atoms with Crippen LogP contribution in [0.15, 0.2) is 84.3 Å². The van der Waals surface area contributed by atoms with Gasteiger partial charge in [0.2, 0.25) is 0 Å². The molecule has 0 saturated carbocycles. The number of carbonyl (C=O) groups excluding carboxylic acids is 1. The maximum atomic E-state index is 11.4. The van der Waals surface area contributed by atoms with Crippen molar-refractivity contribution in [2.45, 2.75) is 47.5 Å². The largest absolute Gasteiger partial charge is 0.372 e. The number of anilines is 2. The Labute approximate surface area is 244 Å². The molecule has 1 aromatic heterocycles. The zero-order valence-corrected chi connectivity index (χ0v) is 25.6. The van der Waals surface area contributed by atoms with Crippen molar-refractivity contribution in [3.8, 4) is 0 Å². The van der Waals surface area contributed by atoms with Crippen LogP contribution in [-0.2, 0) is 0 Å². The van der Waals surface area contributed by atoms with Crippen LogP contribution < -0.4 is 9.80 Å². The SMILES string of the molecule is CCN(CC)c1ccc(C(C=C(c2ccc(C=O)cc2)c2cccs2)c2ccc(N(CC)CC)cc2C)c(C)c1. The van der Waals surface area contributed by atoms with Crippen LogP contribution in [0.5, 0.6) is 0 Å². The van der Waals surface area contributed by atoms with E-state index in [2.05, 4.69) is 123 Å². The molecule has 0 aliphatic heterocycles. The van der Waals surface area contributed by atoms with Crippen molar-refractivity contribution in [2.75, 3.05) is 36.0 Å². The van der Waals surface area contributed by atoms with Crippen molar-refractivity contribution in [2.24, 2.45) is 0 Å². The van der Waals surface area contributed by atoms with E-state index in [0.29, 0.717) is 5.56 Å². The maximum Gasteiger partial charge on any atom is 0.150 e. The van der Waals surface area contributed by atoms with Crippen molar-refractivity contribution < 1.29 is 4.79 Å². The van der Waals surface area contributed by atoms with Gasteiger partial charge in [-0.2, -0.15) is 0 Å². The van der Waals surface area contributed by atoms with E-state index in [1.54, 1.807) is 11.3 Å². The molecule has 4 rings (SSSR count). The van der Waals surface area contributed by atoms with E-state index in [9.17, 15) is 4.79 Å². The fourth-order valence-electron chi connectivity index (χ4n) is 5.60. The van der Waals surface area contributed by atoms with Crippen LogP contribution in [0, 0.1) is 13.8 Å². The van der Waals surface area contributed by atoms with Crippen LogP contribution in [0.2, 0.25) is 0 Å². The quantitative estimate of drug-likeness (QED) is 0.164. The van der Waals surface area contributed by atoms with Gasteiger partial charge in [0.25, 0.3) is 0 Å². The molecular formula is C36H42N2OS. The molecular weight excluding hydrogens is 508 g/mol. The van der Waals surface area contributed by atoms with Gasteiger partial charge in [-0.25, -0.2) is 0 Å². The van der Waals surface area contributed by atoms with E-state index in [1.807, 2.05) is 12.1 Å². The lowest BCUT2D eigenvalue weighted by Gasteiger charge is -2.26. The molecule has 0 fully saturated rings. The van der Waals surface area contributed by atoms with Gasteiger partial charge in [-0.3, -0.25) is 4.79 Å². The Kier molecular flexibility index (Phi) is 10.0. The number of hydrogen-bond donors (Lipinski definition) is 0. The lowest BCUT2D eigenvalue weighted by atomic mass is 9.83. The summed E-state index contributed by atoms with van der Waals surface area (Å²) < 4.78 is 0. The zero-order chi connectivity index (χ0) is 28.6. The highest BCUT2D eigenvalue weighted by molar-refractivity contribution is 7.11. The summed E-state index contributed by atoms with van der Waals surface area (Å²) >= 11 is 1.75. The van der Waals surface area contributed by atoms with Crippen LogP contribution in [0.1, 0.15) is 76.7 Å². The third kappa shape index (κ3) is 6.39. The highest BCUT2D eigenvalue weighted by atomic mass is 32.1. The van der Waals surface area contributed by atoms with Gasteiger partial charge in [0.15, 0.2) is 0 Å². The molecule has 0 bridgehead atoms. The minimum Gasteiger partial charge on any atom is -0.372 e.